The van der Waals surface area contributed by atoms with Gasteiger partial charge in [-0.25, -0.2) is 0 Å². The third kappa shape index (κ3) is 3.05. The number of nitrogens with two attached hydrogens (primary N) is 2. The molecule has 0 spiro atoms. The molecule has 5 heteroatoms. The molecule has 0 aromatic heterocycles. The molecule has 0 radical (unpaired) electrons. The van der Waals surface area contributed by atoms with Crippen molar-refractivity contribution in [3.63, 3.8) is 0 Å². The van der Waals surface area contributed by atoms with E-state index in [0.29, 0.717) is 12.5 Å². The van der Waals surface area contributed by atoms with Crippen LogP contribution >= 0.6 is 0 Å². The lowest BCUT2D eigenvalue weighted by Crippen LogP contribution is -2.34. The van der Waals surface area contributed by atoms with Gasteiger partial charge < -0.3 is 21.2 Å². The topological polar surface area (TPSA) is 76.9 Å². The van der Waals surface area contributed by atoms with Crippen LogP contribution in [0.1, 0.15) is 5.56 Å². The maximum Gasteiger partial charge on any atom is 0.213 e. The lowest BCUT2D eigenvalue weighted by atomic mass is 10.2. The molecule has 0 heterocycles. The van der Waals surface area contributed by atoms with Gasteiger partial charge >= 0.3 is 0 Å². The Hall–Kier alpha value is -1.91. The predicted molar refractivity (Wildman–Crippen MR) is 60.3 cm³/mol. The molecule has 0 unspecified atom stereocenters. The van der Waals surface area contributed by atoms with E-state index in [2.05, 4.69) is 5.10 Å². The zero-order chi connectivity index (χ0) is 11.3. The SMILES string of the molecule is COc1cccc(CN(C)C(N)=NN)c1. The number of hydrazone groups is 1. The number of benzene rings is 1. The van der Waals surface area contributed by atoms with Crippen LogP contribution in [-0.2, 0) is 6.54 Å². The highest BCUT2D eigenvalue weighted by Gasteiger charge is 2.03. The third-order valence-electron chi connectivity index (χ3n) is 2.08. The first-order chi connectivity index (χ1) is 7.17. The molecule has 1 rings (SSSR count). The van der Waals surface area contributed by atoms with Crippen LogP contribution < -0.4 is 16.3 Å². The van der Waals surface area contributed by atoms with Gasteiger partial charge in [0.15, 0.2) is 0 Å². The van der Waals surface area contributed by atoms with Gasteiger partial charge in [-0.3, -0.25) is 0 Å². The summed E-state index contributed by atoms with van der Waals surface area (Å²) in [5.74, 6) is 6.21. The molecule has 0 aliphatic heterocycles. The van der Waals surface area contributed by atoms with Gasteiger partial charge in [0.2, 0.25) is 5.96 Å². The monoisotopic (exact) mass is 208 g/mol. The van der Waals surface area contributed by atoms with Crippen molar-refractivity contribution in [2.24, 2.45) is 16.7 Å². The Balaban J connectivity index is 2.72. The molecule has 0 aliphatic carbocycles. The van der Waals surface area contributed by atoms with Crippen LogP contribution in [0.25, 0.3) is 0 Å². The Morgan fingerprint density at radius 3 is 2.87 bits per heavy atom. The van der Waals surface area contributed by atoms with Gasteiger partial charge in [-0.1, -0.05) is 12.1 Å². The average Bonchev–Trinajstić information content (AvgIpc) is 2.28. The summed E-state index contributed by atoms with van der Waals surface area (Å²) in [4.78, 5) is 1.76. The maximum atomic E-state index is 5.55. The molecular weight excluding hydrogens is 192 g/mol. The van der Waals surface area contributed by atoms with Gasteiger partial charge in [0.1, 0.15) is 5.75 Å². The summed E-state index contributed by atoms with van der Waals surface area (Å²) in [6.45, 7) is 0.643. The van der Waals surface area contributed by atoms with Crippen LogP contribution in [0.4, 0.5) is 0 Å². The van der Waals surface area contributed by atoms with Crippen LogP contribution in [-0.4, -0.2) is 25.0 Å². The van der Waals surface area contributed by atoms with Gasteiger partial charge in [0.25, 0.3) is 0 Å². The number of hydrogen-bond donors (Lipinski definition) is 2. The number of guanidine groups is 1. The minimum Gasteiger partial charge on any atom is -0.497 e. The molecular formula is C10H16N4O. The predicted octanol–water partition coefficient (Wildman–Crippen LogP) is 0.315. The van der Waals surface area contributed by atoms with Gasteiger partial charge in [0.05, 0.1) is 7.11 Å². The Morgan fingerprint density at radius 1 is 1.53 bits per heavy atom. The summed E-state index contributed by atoms with van der Waals surface area (Å²) >= 11 is 0. The highest BCUT2D eigenvalue weighted by molar-refractivity contribution is 5.77. The lowest BCUT2D eigenvalue weighted by molar-refractivity contribution is 0.412. The molecule has 0 saturated heterocycles. The van der Waals surface area contributed by atoms with Crippen LogP contribution in [0.15, 0.2) is 29.4 Å². The van der Waals surface area contributed by atoms with E-state index in [1.165, 1.54) is 0 Å². The van der Waals surface area contributed by atoms with Gasteiger partial charge in [0, 0.05) is 13.6 Å². The zero-order valence-electron chi connectivity index (χ0n) is 8.97. The van der Waals surface area contributed by atoms with Crippen molar-refractivity contribution in [3.05, 3.63) is 29.8 Å². The highest BCUT2D eigenvalue weighted by atomic mass is 16.5. The average molecular weight is 208 g/mol. The molecule has 5 nitrogen and oxygen atoms in total. The first-order valence-corrected chi connectivity index (χ1v) is 4.54. The Kier molecular flexibility index (Phi) is 3.79. The minimum absolute atomic E-state index is 0.304. The van der Waals surface area contributed by atoms with E-state index >= 15 is 0 Å². The highest BCUT2D eigenvalue weighted by Crippen LogP contribution is 2.13. The van der Waals surface area contributed by atoms with Gasteiger partial charge in [-0.2, -0.15) is 0 Å². The number of nitrogens with zero attached hydrogens (tertiary/aromatic N) is 2. The molecule has 0 fully saturated rings. The first kappa shape index (κ1) is 11.2. The van der Waals surface area contributed by atoms with Crippen LogP contribution in [0.5, 0.6) is 5.75 Å². The fraction of sp³-hybridized carbons (Fsp3) is 0.300. The van der Waals surface area contributed by atoms with Crippen molar-refractivity contribution < 1.29 is 4.74 Å². The van der Waals surface area contributed by atoms with E-state index in [0.717, 1.165) is 11.3 Å². The number of rotatable bonds is 3. The summed E-state index contributed by atoms with van der Waals surface area (Å²) in [6.07, 6.45) is 0. The second-order valence-electron chi connectivity index (χ2n) is 3.19. The first-order valence-electron chi connectivity index (χ1n) is 4.54. The second kappa shape index (κ2) is 5.09. The number of ether oxygens (including phenoxy) is 1. The van der Waals surface area contributed by atoms with Gasteiger partial charge in [-0.15, -0.1) is 5.10 Å². The number of hydrogen-bond acceptors (Lipinski definition) is 3. The van der Waals surface area contributed by atoms with Gasteiger partial charge in [-0.05, 0) is 17.7 Å². The van der Waals surface area contributed by atoms with E-state index in [1.807, 2.05) is 31.3 Å². The van der Waals surface area contributed by atoms with E-state index in [-0.39, 0.29) is 0 Å². The Bertz CT molecular complexity index is 351. The van der Waals surface area contributed by atoms with Crippen molar-refractivity contribution in [1.29, 1.82) is 0 Å². The van der Waals surface area contributed by atoms with Crippen molar-refractivity contribution in [1.82, 2.24) is 4.90 Å². The van der Waals surface area contributed by atoms with Crippen molar-refractivity contribution in [2.45, 2.75) is 6.54 Å². The fourth-order valence-corrected chi connectivity index (χ4v) is 1.22. The van der Waals surface area contributed by atoms with Crippen LogP contribution in [0, 0.1) is 0 Å². The normalized spacial score (nSPS) is 11.2. The Labute approximate surface area is 89.3 Å². The van der Waals surface area contributed by atoms with E-state index < -0.39 is 0 Å². The minimum atomic E-state index is 0.304. The Morgan fingerprint density at radius 2 is 2.27 bits per heavy atom. The summed E-state index contributed by atoms with van der Waals surface area (Å²) in [5, 5.41) is 3.42. The molecule has 82 valence electrons. The zero-order valence-corrected chi connectivity index (χ0v) is 8.97. The smallest absolute Gasteiger partial charge is 0.213 e. The van der Waals surface area contributed by atoms with Crippen LogP contribution in [0.3, 0.4) is 0 Å². The summed E-state index contributed by atoms with van der Waals surface area (Å²) in [5.41, 5.74) is 6.64. The molecule has 0 atom stereocenters. The molecule has 15 heavy (non-hydrogen) atoms. The molecule has 0 bridgehead atoms. The van der Waals surface area contributed by atoms with E-state index in [1.54, 1.807) is 12.0 Å². The molecule has 0 aliphatic rings. The van der Waals surface area contributed by atoms with Crippen molar-refractivity contribution in [3.8, 4) is 5.75 Å². The molecule has 1 aromatic carbocycles. The standard InChI is InChI=1S/C10H16N4O/c1-14(10(11)13-12)7-8-4-3-5-9(6-8)15-2/h3-6H,7,12H2,1-2H3,(H2,11,13). The van der Waals surface area contributed by atoms with Crippen molar-refractivity contribution in [2.75, 3.05) is 14.2 Å². The molecule has 4 N–H and O–H groups in total. The molecule has 1 aromatic rings. The summed E-state index contributed by atoms with van der Waals surface area (Å²) in [6, 6.07) is 7.75. The largest absolute Gasteiger partial charge is 0.497 e. The summed E-state index contributed by atoms with van der Waals surface area (Å²) < 4.78 is 5.12. The van der Waals surface area contributed by atoms with E-state index in [4.69, 9.17) is 16.3 Å². The quantitative estimate of drug-likeness (QED) is 0.324. The van der Waals surface area contributed by atoms with Crippen molar-refractivity contribution >= 4 is 5.96 Å². The molecule has 0 amide bonds. The summed E-state index contributed by atoms with van der Waals surface area (Å²) in [7, 11) is 3.46. The second-order valence-corrected chi connectivity index (χ2v) is 3.19. The lowest BCUT2D eigenvalue weighted by Gasteiger charge is -2.17. The third-order valence-corrected chi connectivity index (χ3v) is 2.08. The molecule has 0 saturated carbocycles. The van der Waals surface area contributed by atoms with E-state index in [9.17, 15) is 0 Å². The maximum absolute atomic E-state index is 5.55. The number of methoxy groups -OCH3 is 1. The fourth-order valence-electron chi connectivity index (χ4n) is 1.22. The van der Waals surface area contributed by atoms with Crippen LogP contribution in [0.2, 0.25) is 0 Å².